The lowest BCUT2D eigenvalue weighted by molar-refractivity contribution is 0.378. The molecule has 0 bridgehead atoms. The van der Waals surface area contributed by atoms with Crippen molar-refractivity contribution in [1.29, 1.82) is 0 Å². The van der Waals surface area contributed by atoms with E-state index in [-0.39, 0.29) is 0 Å². The number of H-pyrrole nitrogens is 1. The number of thiophene rings is 1. The van der Waals surface area contributed by atoms with Crippen LogP contribution in [0.3, 0.4) is 0 Å². The lowest BCUT2D eigenvalue weighted by Gasteiger charge is -2.16. The Labute approximate surface area is 123 Å². The third kappa shape index (κ3) is 2.67. The Morgan fingerprint density at radius 3 is 2.75 bits per heavy atom. The van der Waals surface area contributed by atoms with Crippen molar-refractivity contribution in [3.63, 3.8) is 0 Å². The van der Waals surface area contributed by atoms with Gasteiger partial charge in [0.1, 0.15) is 0 Å². The summed E-state index contributed by atoms with van der Waals surface area (Å²) in [6, 6.07) is 4.24. The molecule has 2 fully saturated rings. The Kier molecular flexibility index (Phi) is 3.36. The summed E-state index contributed by atoms with van der Waals surface area (Å²) >= 11 is 1.77. The largest absolute Gasteiger partial charge is 0.312 e. The van der Waals surface area contributed by atoms with Gasteiger partial charge in [-0.25, -0.2) is 0 Å². The molecule has 106 valence electrons. The van der Waals surface area contributed by atoms with E-state index in [4.69, 9.17) is 0 Å². The molecule has 2 aromatic heterocycles. The van der Waals surface area contributed by atoms with E-state index in [1.165, 1.54) is 48.4 Å². The molecule has 0 saturated heterocycles. The van der Waals surface area contributed by atoms with Crippen LogP contribution in [-0.4, -0.2) is 16.7 Å². The summed E-state index contributed by atoms with van der Waals surface area (Å²) in [5, 5.41) is 13.1. The second-order valence-corrected chi connectivity index (χ2v) is 7.16. The summed E-state index contributed by atoms with van der Waals surface area (Å²) in [5.74, 6) is 2.99. The molecule has 4 rings (SSSR count). The number of nitrogens with one attached hydrogen (secondary N) is 2. The van der Waals surface area contributed by atoms with E-state index in [0.717, 1.165) is 24.3 Å². The molecule has 4 heteroatoms. The van der Waals surface area contributed by atoms with Crippen LogP contribution < -0.4 is 5.32 Å². The maximum atomic E-state index is 4.21. The van der Waals surface area contributed by atoms with E-state index >= 15 is 0 Å². The average Bonchev–Trinajstić information content (AvgIpc) is 3.37. The smallest absolute Gasteiger partial charge is 0.0794 e. The maximum absolute atomic E-state index is 4.21. The molecule has 2 N–H and O–H groups in total. The van der Waals surface area contributed by atoms with E-state index in [0.29, 0.717) is 0 Å². The van der Waals surface area contributed by atoms with Crippen molar-refractivity contribution in [3.05, 3.63) is 29.3 Å². The fraction of sp³-hybridized carbons (Fsp3) is 0.562. The van der Waals surface area contributed by atoms with Crippen LogP contribution >= 0.6 is 11.3 Å². The van der Waals surface area contributed by atoms with Crippen molar-refractivity contribution in [1.82, 2.24) is 15.5 Å². The molecule has 0 atom stereocenters. The van der Waals surface area contributed by atoms with Gasteiger partial charge in [-0.1, -0.05) is 6.07 Å². The summed E-state index contributed by atoms with van der Waals surface area (Å²) in [4.78, 5) is 1.28. The minimum absolute atomic E-state index is 0.930. The molecule has 2 saturated carbocycles. The zero-order valence-electron chi connectivity index (χ0n) is 11.6. The molecular weight excluding hydrogens is 266 g/mol. The van der Waals surface area contributed by atoms with Crippen LogP contribution in [0.15, 0.2) is 23.7 Å². The summed E-state index contributed by atoms with van der Waals surface area (Å²) in [5.41, 5.74) is 2.47. The molecule has 0 aromatic carbocycles. The minimum Gasteiger partial charge on any atom is -0.312 e. The summed E-state index contributed by atoms with van der Waals surface area (Å²) in [6.45, 7) is 2.12. The molecule has 0 radical (unpaired) electrons. The third-order valence-corrected chi connectivity index (χ3v) is 5.52. The Bertz CT molecular complexity index is 540. The number of aromatic nitrogens is 2. The van der Waals surface area contributed by atoms with Gasteiger partial charge in [0, 0.05) is 12.1 Å². The Morgan fingerprint density at radius 1 is 1.30 bits per heavy atom. The second kappa shape index (κ2) is 5.34. The van der Waals surface area contributed by atoms with Crippen LogP contribution in [0, 0.1) is 17.8 Å². The average molecular weight is 287 g/mol. The first kappa shape index (κ1) is 12.6. The van der Waals surface area contributed by atoms with E-state index in [9.17, 15) is 0 Å². The maximum Gasteiger partial charge on any atom is 0.0794 e. The molecule has 2 aliphatic rings. The van der Waals surface area contributed by atoms with Crippen molar-refractivity contribution >= 4 is 11.3 Å². The van der Waals surface area contributed by atoms with Gasteiger partial charge in [0.05, 0.1) is 16.8 Å². The van der Waals surface area contributed by atoms with E-state index in [2.05, 4.69) is 33.0 Å². The Morgan fingerprint density at radius 2 is 2.10 bits per heavy atom. The van der Waals surface area contributed by atoms with Crippen LogP contribution in [-0.2, 0) is 6.54 Å². The summed E-state index contributed by atoms with van der Waals surface area (Å²) in [6.07, 6.45) is 7.83. The monoisotopic (exact) mass is 287 g/mol. The van der Waals surface area contributed by atoms with Gasteiger partial charge in [-0.15, -0.1) is 11.3 Å². The predicted molar refractivity (Wildman–Crippen MR) is 82.5 cm³/mol. The van der Waals surface area contributed by atoms with Gasteiger partial charge in [-0.3, -0.25) is 5.10 Å². The number of rotatable bonds is 7. The molecule has 2 heterocycles. The molecule has 0 spiro atoms. The van der Waals surface area contributed by atoms with Crippen molar-refractivity contribution < 1.29 is 0 Å². The third-order valence-electron chi connectivity index (χ3n) is 4.64. The van der Waals surface area contributed by atoms with Gasteiger partial charge < -0.3 is 5.32 Å². The molecule has 2 aliphatic carbocycles. The molecule has 0 amide bonds. The predicted octanol–water partition coefficient (Wildman–Crippen LogP) is 3.66. The number of hydrogen-bond donors (Lipinski definition) is 2. The normalized spacial score (nSPS) is 18.9. The van der Waals surface area contributed by atoms with Gasteiger partial charge in [0.15, 0.2) is 0 Å². The lowest BCUT2D eigenvalue weighted by atomic mass is 9.98. The fourth-order valence-corrected chi connectivity index (χ4v) is 3.98. The van der Waals surface area contributed by atoms with Gasteiger partial charge in [0.2, 0.25) is 0 Å². The van der Waals surface area contributed by atoms with E-state index in [1.54, 1.807) is 11.3 Å². The zero-order chi connectivity index (χ0) is 13.4. The first-order valence-corrected chi connectivity index (χ1v) is 8.56. The molecular formula is C16H21N3S. The number of aromatic amines is 1. The topological polar surface area (TPSA) is 40.7 Å². The SMILES string of the molecule is c1csc(-c2[nH]ncc2CNCC(C2CC2)C2CC2)c1. The molecule has 0 unspecified atom stereocenters. The van der Waals surface area contributed by atoms with E-state index in [1.807, 2.05) is 6.20 Å². The molecule has 3 nitrogen and oxygen atoms in total. The minimum atomic E-state index is 0.930. The van der Waals surface area contributed by atoms with Crippen molar-refractivity contribution in [2.45, 2.75) is 32.2 Å². The standard InChI is InChI=1S/C16H21N3S/c1-2-15(20-7-1)16-13(9-18-19-16)8-17-10-14(11-3-4-11)12-5-6-12/h1-2,7,9,11-12,14,17H,3-6,8,10H2,(H,18,19). The highest BCUT2D eigenvalue weighted by Gasteiger charge is 2.40. The number of nitrogens with zero attached hydrogens (tertiary/aromatic N) is 1. The Hall–Kier alpha value is -1.13. The van der Waals surface area contributed by atoms with Gasteiger partial charge in [-0.2, -0.15) is 5.10 Å². The van der Waals surface area contributed by atoms with Gasteiger partial charge in [-0.05, 0) is 61.4 Å². The van der Waals surface area contributed by atoms with Crippen molar-refractivity contribution in [3.8, 4) is 10.6 Å². The first-order chi connectivity index (χ1) is 9.92. The lowest BCUT2D eigenvalue weighted by Crippen LogP contribution is -2.25. The quantitative estimate of drug-likeness (QED) is 0.816. The highest BCUT2D eigenvalue weighted by Crippen LogP contribution is 2.48. The van der Waals surface area contributed by atoms with E-state index < -0.39 is 0 Å². The zero-order valence-corrected chi connectivity index (χ0v) is 12.5. The molecule has 2 aromatic rings. The van der Waals surface area contributed by atoms with Crippen LogP contribution in [0.1, 0.15) is 31.2 Å². The highest BCUT2D eigenvalue weighted by atomic mass is 32.1. The molecule has 20 heavy (non-hydrogen) atoms. The fourth-order valence-electron chi connectivity index (χ4n) is 3.22. The summed E-state index contributed by atoms with van der Waals surface area (Å²) in [7, 11) is 0. The first-order valence-electron chi connectivity index (χ1n) is 7.68. The van der Waals surface area contributed by atoms with Crippen LogP contribution in [0.5, 0.6) is 0 Å². The van der Waals surface area contributed by atoms with Crippen LogP contribution in [0.25, 0.3) is 10.6 Å². The van der Waals surface area contributed by atoms with Crippen molar-refractivity contribution in [2.24, 2.45) is 17.8 Å². The van der Waals surface area contributed by atoms with Gasteiger partial charge >= 0.3 is 0 Å². The second-order valence-electron chi connectivity index (χ2n) is 6.22. The number of hydrogen-bond acceptors (Lipinski definition) is 3. The molecule has 0 aliphatic heterocycles. The highest BCUT2D eigenvalue weighted by molar-refractivity contribution is 7.13. The Balaban J connectivity index is 1.36. The summed E-state index contributed by atoms with van der Waals surface area (Å²) < 4.78 is 0. The van der Waals surface area contributed by atoms with Crippen LogP contribution in [0.4, 0.5) is 0 Å². The van der Waals surface area contributed by atoms with Gasteiger partial charge in [0.25, 0.3) is 0 Å². The van der Waals surface area contributed by atoms with Crippen molar-refractivity contribution in [2.75, 3.05) is 6.54 Å². The van der Waals surface area contributed by atoms with Crippen LogP contribution in [0.2, 0.25) is 0 Å².